The van der Waals surface area contributed by atoms with Crippen LogP contribution in [0, 0.1) is 5.92 Å². The van der Waals surface area contributed by atoms with Crippen molar-refractivity contribution in [2.45, 2.75) is 52.0 Å². The number of sulfone groups is 1. The van der Waals surface area contributed by atoms with E-state index in [1.165, 1.54) is 10.6 Å². The van der Waals surface area contributed by atoms with Gasteiger partial charge in [0.05, 0.1) is 23.2 Å². The van der Waals surface area contributed by atoms with Crippen LogP contribution >= 0.6 is 0 Å². The standard InChI is InChI=1S/C18H26N4O4S/c1-11(19-16(23)7-12-5-6-27(25,26)10-12)13-8-17(24)22-15(20-13)9-14(21-22)18(2,3)4/h8-9,11-12,21H,5-7,10H2,1-4H3,(H,19,23). The maximum absolute atomic E-state index is 12.4. The largest absolute Gasteiger partial charge is 0.348 e. The number of hydrogen-bond donors (Lipinski definition) is 2. The van der Waals surface area contributed by atoms with Crippen molar-refractivity contribution in [3.05, 3.63) is 33.9 Å². The topological polar surface area (TPSA) is 113 Å². The number of carbonyl (C=O) groups is 1. The molecule has 2 unspecified atom stereocenters. The lowest BCUT2D eigenvalue weighted by Gasteiger charge is -2.15. The molecule has 1 aliphatic heterocycles. The fourth-order valence-corrected chi connectivity index (χ4v) is 5.15. The Labute approximate surface area is 158 Å². The number of aromatic nitrogens is 3. The van der Waals surface area contributed by atoms with E-state index in [2.05, 4.69) is 15.4 Å². The van der Waals surface area contributed by atoms with Crippen molar-refractivity contribution >= 4 is 21.4 Å². The van der Waals surface area contributed by atoms with Gasteiger partial charge in [-0.2, -0.15) is 0 Å². The first-order chi connectivity index (χ1) is 12.4. The second-order valence-electron chi connectivity index (χ2n) is 8.40. The third-order valence-electron chi connectivity index (χ3n) is 4.90. The Kier molecular flexibility index (Phi) is 4.92. The normalized spacial score (nSPS) is 20.7. The molecule has 2 aromatic heterocycles. The van der Waals surface area contributed by atoms with Crippen molar-refractivity contribution < 1.29 is 13.2 Å². The molecule has 2 N–H and O–H groups in total. The van der Waals surface area contributed by atoms with Crippen LogP contribution in [0.3, 0.4) is 0 Å². The molecule has 0 aliphatic carbocycles. The molecule has 1 amide bonds. The molecular weight excluding hydrogens is 368 g/mol. The Morgan fingerprint density at radius 1 is 1.41 bits per heavy atom. The summed E-state index contributed by atoms with van der Waals surface area (Å²) in [4.78, 5) is 29.1. The smallest absolute Gasteiger partial charge is 0.272 e. The Balaban J connectivity index is 1.74. The molecule has 0 bridgehead atoms. The van der Waals surface area contributed by atoms with Gasteiger partial charge >= 0.3 is 0 Å². The molecule has 0 spiro atoms. The molecule has 0 aromatic carbocycles. The van der Waals surface area contributed by atoms with Crippen LogP contribution < -0.4 is 10.9 Å². The van der Waals surface area contributed by atoms with E-state index in [1.807, 2.05) is 26.8 Å². The minimum absolute atomic E-state index is 0.0687. The van der Waals surface area contributed by atoms with Gasteiger partial charge in [0, 0.05) is 29.7 Å². The van der Waals surface area contributed by atoms with Crippen molar-refractivity contribution in [3.8, 4) is 0 Å². The SMILES string of the molecule is CC(NC(=O)CC1CCS(=O)(=O)C1)c1cc(=O)n2[nH]c(C(C)(C)C)cc2n1. The van der Waals surface area contributed by atoms with Gasteiger partial charge in [0.2, 0.25) is 5.91 Å². The number of nitrogens with zero attached hydrogens (tertiary/aromatic N) is 2. The Morgan fingerprint density at radius 2 is 2.11 bits per heavy atom. The van der Waals surface area contributed by atoms with Crippen LogP contribution in [0.25, 0.3) is 5.65 Å². The van der Waals surface area contributed by atoms with E-state index in [0.717, 1.165) is 5.69 Å². The van der Waals surface area contributed by atoms with Crippen LogP contribution in [0.4, 0.5) is 0 Å². The summed E-state index contributed by atoms with van der Waals surface area (Å²) in [6.07, 6.45) is 0.692. The summed E-state index contributed by atoms with van der Waals surface area (Å²) in [6.45, 7) is 7.88. The summed E-state index contributed by atoms with van der Waals surface area (Å²) in [5, 5.41) is 5.89. The Morgan fingerprint density at radius 3 is 2.70 bits per heavy atom. The predicted molar refractivity (Wildman–Crippen MR) is 102 cm³/mol. The molecule has 27 heavy (non-hydrogen) atoms. The number of nitrogens with one attached hydrogen (secondary N) is 2. The number of amides is 1. The maximum atomic E-state index is 12.4. The number of rotatable bonds is 4. The van der Waals surface area contributed by atoms with Gasteiger partial charge in [0.25, 0.3) is 5.56 Å². The van der Waals surface area contributed by atoms with E-state index in [4.69, 9.17) is 0 Å². The fraction of sp³-hybridized carbons (Fsp3) is 0.611. The molecule has 1 fully saturated rings. The average molecular weight is 394 g/mol. The monoisotopic (exact) mass is 394 g/mol. The molecule has 3 heterocycles. The molecule has 0 saturated carbocycles. The van der Waals surface area contributed by atoms with Gasteiger partial charge in [0.15, 0.2) is 15.5 Å². The van der Waals surface area contributed by atoms with Crippen molar-refractivity contribution in [2.24, 2.45) is 5.92 Å². The molecule has 8 nitrogen and oxygen atoms in total. The zero-order valence-electron chi connectivity index (χ0n) is 16.1. The van der Waals surface area contributed by atoms with Crippen molar-refractivity contribution in [3.63, 3.8) is 0 Å². The van der Waals surface area contributed by atoms with Gasteiger partial charge < -0.3 is 5.32 Å². The van der Waals surface area contributed by atoms with Gasteiger partial charge in [-0.25, -0.2) is 17.9 Å². The minimum atomic E-state index is -3.00. The average Bonchev–Trinajstić information content (AvgIpc) is 3.10. The number of H-pyrrole nitrogens is 1. The Bertz CT molecular complexity index is 1030. The minimum Gasteiger partial charge on any atom is -0.348 e. The number of fused-ring (bicyclic) bond motifs is 1. The first-order valence-corrected chi connectivity index (χ1v) is 10.9. The molecular formula is C18H26N4O4S. The van der Waals surface area contributed by atoms with E-state index < -0.39 is 15.9 Å². The van der Waals surface area contributed by atoms with Crippen molar-refractivity contribution in [2.75, 3.05) is 11.5 Å². The van der Waals surface area contributed by atoms with E-state index >= 15 is 0 Å². The maximum Gasteiger partial charge on any atom is 0.272 e. The summed E-state index contributed by atoms with van der Waals surface area (Å²) < 4.78 is 24.4. The van der Waals surface area contributed by atoms with E-state index in [9.17, 15) is 18.0 Å². The van der Waals surface area contributed by atoms with Crippen LogP contribution in [0.2, 0.25) is 0 Å². The van der Waals surface area contributed by atoms with Gasteiger partial charge in [-0.3, -0.25) is 14.7 Å². The molecule has 2 aromatic rings. The number of carbonyl (C=O) groups excluding carboxylic acids is 1. The van der Waals surface area contributed by atoms with Gasteiger partial charge in [0.1, 0.15) is 0 Å². The quantitative estimate of drug-likeness (QED) is 0.812. The van der Waals surface area contributed by atoms with Crippen molar-refractivity contribution in [1.82, 2.24) is 19.9 Å². The molecule has 9 heteroatoms. The van der Waals surface area contributed by atoms with Crippen LogP contribution in [-0.2, 0) is 20.0 Å². The summed E-state index contributed by atoms with van der Waals surface area (Å²) >= 11 is 0. The van der Waals surface area contributed by atoms with E-state index in [1.54, 1.807) is 6.92 Å². The van der Waals surface area contributed by atoms with E-state index in [0.29, 0.717) is 17.8 Å². The van der Waals surface area contributed by atoms with Crippen LogP contribution in [0.5, 0.6) is 0 Å². The second kappa shape index (κ2) is 6.78. The van der Waals surface area contributed by atoms with Gasteiger partial charge in [-0.05, 0) is 19.3 Å². The zero-order chi connectivity index (χ0) is 20.0. The molecule has 1 saturated heterocycles. The fourth-order valence-electron chi connectivity index (χ4n) is 3.29. The number of aromatic amines is 1. The van der Waals surface area contributed by atoms with Gasteiger partial charge in [-0.1, -0.05) is 20.8 Å². The zero-order valence-corrected chi connectivity index (χ0v) is 16.9. The first kappa shape index (κ1) is 19.6. The molecule has 2 atom stereocenters. The van der Waals surface area contributed by atoms with Crippen LogP contribution in [0.1, 0.15) is 58.0 Å². The third kappa shape index (κ3) is 4.40. The summed E-state index contributed by atoms with van der Waals surface area (Å²) in [6, 6.07) is 2.80. The number of hydrogen-bond acceptors (Lipinski definition) is 5. The lowest BCUT2D eigenvalue weighted by atomic mass is 9.93. The summed E-state index contributed by atoms with van der Waals surface area (Å²) in [7, 11) is -3.00. The first-order valence-electron chi connectivity index (χ1n) is 9.07. The molecule has 1 aliphatic rings. The van der Waals surface area contributed by atoms with Gasteiger partial charge in [-0.15, -0.1) is 0 Å². The predicted octanol–water partition coefficient (Wildman–Crippen LogP) is 1.32. The Hall–Kier alpha value is -2.16. The third-order valence-corrected chi connectivity index (χ3v) is 6.74. The highest BCUT2D eigenvalue weighted by Crippen LogP contribution is 2.23. The lowest BCUT2D eigenvalue weighted by Crippen LogP contribution is -2.30. The van der Waals surface area contributed by atoms with Crippen molar-refractivity contribution in [1.29, 1.82) is 0 Å². The highest BCUT2D eigenvalue weighted by Gasteiger charge is 2.29. The highest BCUT2D eigenvalue weighted by molar-refractivity contribution is 7.91. The lowest BCUT2D eigenvalue weighted by molar-refractivity contribution is -0.122. The van der Waals surface area contributed by atoms with Crippen LogP contribution in [-0.4, -0.2) is 40.4 Å². The van der Waals surface area contributed by atoms with E-state index in [-0.39, 0.29) is 40.7 Å². The summed E-state index contributed by atoms with van der Waals surface area (Å²) in [5.41, 5.74) is 1.48. The highest BCUT2D eigenvalue weighted by atomic mass is 32.2. The molecule has 3 rings (SSSR count). The second-order valence-corrected chi connectivity index (χ2v) is 10.6. The summed E-state index contributed by atoms with van der Waals surface area (Å²) in [5.74, 6) is -0.142. The molecule has 148 valence electrons. The van der Waals surface area contributed by atoms with Crippen LogP contribution in [0.15, 0.2) is 16.9 Å². The molecule has 0 radical (unpaired) electrons.